The Morgan fingerprint density at radius 1 is 1.20 bits per heavy atom. The lowest BCUT2D eigenvalue weighted by atomic mass is 10.2. The molecular weight excluding hydrogens is 304 g/mol. The molecule has 1 heterocycles. The van der Waals surface area contributed by atoms with Crippen LogP contribution in [0.4, 0.5) is 4.79 Å². The Morgan fingerprint density at radius 3 is 2.20 bits per heavy atom. The van der Waals surface area contributed by atoms with Crippen molar-refractivity contribution in [2.45, 2.75) is 32.8 Å². The maximum Gasteiger partial charge on any atom is 0.410 e. The van der Waals surface area contributed by atoms with Gasteiger partial charge in [0.15, 0.2) is 0 Å². The smallest absolute Gasteiger partial charge is 0.410 e. The van der Waals surface area contributed by atoms with E-state index in [0.717, 1.165) is 13.1 Å². The SMILES string of the molecule is CC(C)(C)OC(=O)N1CCN(CCCS(=O)(=O)Cl)CC1. The molecule has 0 aliphatic carbocycles. The van der Waals surface area contributed by atoms with E-state index in [1.165, 1.54) is 0 Å². The lowest BCUT2D eigenvalue weighted by Crippen LogP contribution is -2.50. The molecule has 0 atom stereocenters. The summed E-state index contributed by atoms with van der Waals surface area (Å²) in [7, 11) is 1.75. The monoisotopic (exact) mass is 326 g/mol. The minimum atomic E-state index is -3.41. The second-order valence-electron chi connectivity index (χ2n) is 5.91. The summed E-state index contributed by atoms with van der Waals surface area (Å²) in [6, 6.07) is 0. The minimum Gasteiger partial charge on any atom is -0.444 e. The van der Waals surface area contributed by atoms with Crippen LogP contribution in [0.15, 0.2) is 0 Å². The molecule has 0 radical (unpaired) electrons. The van der Waals surface area contributed by atoms with Crippen molar-refractivity contribution in [3.05, 3.63) is 0 Å². The Kier molecular flexibility index (Phi) is 6.09. The molecule has 118 valence electrons. The normalized spacial score (nSPS) is 18.1. The number of nitrogens with zero attached hydrogens (tertiary/aromatic N) is 2. The van der Waals surface area contributed by atoms with Gasteiger partial charge < -0.3 is 9.64 Å². The highest BCUT2D eigenvalue weighted by atomic mass is 35.7. The summed E-state index contributed by atoms with van der Waals surface area (Å²) >= 11 is 0. The molecule has 6 nitrogen and oxygen atoms in total. The standard InChI is InChI=1S/C12H23ClN2O4S/c1-12(2,3)19-11(16)15-8-6-14(7-9-15)5-4-10-20(13,17)18/h4-10H2,1-3H3. The molecule has 8 heteroatoms. The number of hydrogen-bond donors (Lipinski definition) is 0. The van der Waals surface area contributed by atoms with E-state index in [9.17, 15) is 13.2 Å². The number of rotatable bonds is 4. The van der Waals surface area contributed by atoms with E-state index in [0.29, 0.717) is 26.1 Å². The molecule has 1 saturated heterocycles. The molecule has 0 aromatic carbocycles. The summed E-state index contributed by atoms with van der Waals surface area (Å²) in [6.07, 6.45) is 0.221. The first kappa shape index (κ1) is 17.5. The average Bonchev–Trinajstić information content (AvgIpc) is 2.25. The van der Waals surface area contributed by atoms with Crippen LogP contribution < -0.4 is 0 Å². The van der Waals surface area contributed by atoms with Gasteiger partial charge in [-0.2, -0.15) is 0 Å². The molecule has 0 saturated carbocycles. The predicted octanol–water partition coefficient (Wildman–Crippen LogP) is 1.50. The van der Waals surface area contributed by atoms with Gasteiger partial charge in [0, 0.05) is 36.9 Å². The Balaban J connectivity index is 2.28. The predicted molar refractivity (Wildman–Crippen MR) is 78.5 cm³/mol. The van der Waals surface area contributed by atoms with Crippen LogP contribution in [0.3, 0.4) is 0 Å². The van der Waals surface area contributed by atoms with Crippen molar-refractivity contribution in [3.8, 4) is 0 Å². The zero-order valence-corrected chi connectivity index (χ0v) is 13.8. The summed E-state index contributed by atoms with van der Waals surface area (Å²) in [5.41, 5.74) is -0.483. The second kappa shape index (κ2) is 6.95. The van der Waals surface area contributed by atoms with Crippen LogP contribution in [-0.2, 0) is 13.8 Å². The molecule has 0 unspecified atom stereocenters. The van der Waals surface area contributed by atoms with Gasteiger partial charge in [0.05, 0.1) is 5.75 Å². The number of piperazine rings is 1. The molecule has 0 aromatic heterocycles. The van der Waals surface area contributed by atoms with E-state index in [4.69, 9.17) is 15.4 Å². The fourth-order valence-corrected chi connectivity index (χ4v) is 2.74. The van der Waals surface area contributed by atoms with E-state index in [1.54, 1.807) is 4.90 Å². The molecular formula is C12H23ClN2O4S. The minimum absolute atomic E-state index is 0.0131. The van der Waals surface area contributed by atoms with Gasteiger partial charge in [-0.3, -0.25) is 4.90 Å². The van der Waals surface area contributed by atoms with Gasteiger partial charge in [0.25, 0.3) is 0 Å². The molecule has 0 spiro atoms. The molecule has 1 aliphatic heterocycles. The highest BCUT2D eigenvalue weighted by Crippen LogP contribution is 2.12. The zero-order chi connectivity index (χ0) is 15.4. The summed E-state index contributed by atoms with van der Waals surface area (Å²) in [5.74, 6) is -0.0131. The first-order valence-electron chi connectivity index (χ1n) is 6.69. The van der Waals surface area contributed by atoms with Crippen LogP contribution in [0.5, 0.6) is 0 Å². The Morgan fingerprint density at radius 2 is 1.75 bits per heavy atom. The maximum absolute atomic E-state index is 11.9. The Bertz CT molecular complexity index is 425. The number of carbonyl (C=O) groups excluding carboxylic acids is 1. The summed E-state index contributed by atoms with van der Waals surface area (Å²) in [4.78, 5) is 15.7. The van der Waals surface area contributed by atoms with E-state index in [1.807, 2.05) is 20.8 Å². The maximum atomic E-state index is 11.9. The molecule has 0 N–H and O–H groups in total. The lowest BCUT2D eigenvalue weighted by Gasteiger charge is -2.35. The molecule has 1 aliphatic rings. The average molecular weight is 327 g/mol. The highest BCUT2D eigenvalue weighted by Gasteiger charge is 2.25. The number of ether oxygens (including phenoxy) is 1. The van der Waals surface area contributed by atoms with Crippen molar-refractivity contribution in [2.24, 2.45) is 0 Å². The molecule has 1 fully saturated rings. The number of halogens is 1. The van der Waals surface area contributed by atoms with E-state index in [2.05, 4.69) is 4.90 Å². The number of carbonyl (C=O) groups is 1. The van der Waals surface area contributed by atoms with Crippen molar-refractivity contribution < 1.29 is 17.9 Å². The van der Waals surface area contributed by atoms with Crippen LogP contribution in [0.25, 0.3) is 0 Å². The fourth-order valence-electron chi connectivity index (χ4n) is 1.94. The van der Waals surface area contributed by atoms with Crippen LogP contribution in [-0.4, -0.2) is 68.4 Å². The van der Waals surface area contributed by atoms with Gasteiger partial charge in [-0.15, -0.1) is 0 Å². The van der Waals surface area contributed by atoms with E-state index >= 15 is 0 Å². The zero-order valence-electron chi connectivity index (χ0n) is 12.3. The van der Waals surface area contributed by atoms with Crippen molar-refractivity contribution in [3.63, 3.8) is 0 Å². The van der Waals surface area contributed by atoms with Gasteiger partial charge in [0.2, 0.25) is 9.05 Å². The quantitative estimate of drug-likeness (QED) is 0.732. The highest BCUT2D eigenvalue weighted by molar-refractivity contribution is 8.13. The van der Waals surface area contributed by atoms with Crippen molar-refractivity contribution >= 4 is 25.8 Å². The van der Waals surface area contributed by atoms with Crippen molar-refractivity contribution in [1.29, 1.82) is 0 Å². The van der Waals surface area contributed by atoms with Crippen LogP contribution in [0.1, 0.15) is 27.2 Å². The fraction of sp³-hybridized carbons (Fsp3) is 0.917. The molecule has 1 amide bonds. The Labute approximate surface area is 125 Å². The van der Waals surface area contributed by atoms with Gasteiger partial charge in [0.1, 0.15) is 5.60 Å². The molecule has 0 aromatic rings. The second-order valence-corrected chi connectivity index (χ2v) is 8.80. The van der Waals surface area contributed by atoms with Gasteiger partial charge >= 0.3 is 6.09 Å². The first-order valence-corrected chi connectivity index (χ1v) is 9.17. The van der Waals surface area contributed by atoms with Crippen molar-refractivity contribution in [2.75, 3.05) is 38.5 Å². The number of amides is 1. The summed E-state index contributed by atoms with van der Waals surface area (Å²) in [6.45, 7) is 8.84. The van der Waals surface area contributed by atoms with Gasteiger partial charge in [-0.05, 0) is 33.7 Å². The summed E-state index contributed by atoms with van der Waals surface area (Å²) in [5, 5.41) is 0. The third kappa shape index (κ3) is 7.31. The third-order valence-corrected chi connectivity index (χ3v) is 4.13. The van der Waals surface area contributed by atoms with Crippen LogP contribution >= 0.6 is 10.7 Å². The topological polar surface area (TPSA) is 66.9 Å². The van der Waals surface area contributed by atoms with Crippen LogP contribution in [0.2, 0.25) is 0 Å². The Hall–Kier alpha value is -0.530. The van der Waals surface area contributed by atoms with Gasteiger partial charge in [-0.1, -0.05) is 0 Å². The molecule has 20 heavy (non-hydrogen) atoms. The van der Waals surface area contributed by atoms with Crippen molar-refractivity contribution in [1.82, 2.24) is 9.80 Å². The lowest BCUT2D eigenvalue weighted by molar-refractivity contribution is 0.0146. The van der Waals surface area contributed by atoms with Crippen LogP contribution in [0, 0.1) is 0 Å². The third-order valence-electron chi connectivity index (χ3n) is 2.89. The van der Waals surface area contributed by atoms with Gasteiger partial charge in [-0.25, -0.2) is 13.2 Å². The molecule has 1 rings (SSSR count). The molecule has 0 bridgehead atoms. The number of hydrogen-bond acceptors (Lipinski definition) is 5. The summed E-state index contributed by atoms with van der Waals surface area (Å²) < 4.78 is 27.0. The van der Waals surface area contributed by atoms with E-state index in [-0.39, 0.29) is 11.8 Å². The van der Waals surface area contributed by atoms with E-state index < -0.39 is 14.7 Å². The largest absolute Gasteiger partial charge is 0.444 e. The first-order chi connectivity index (χ1) is 9.07.